The molecule has 0 unspecified atom stereocenters. The first-order chi connectivity index (χ1) is 15.1. The number of anilines is 2. The number of carbonyl (C=O) groups excluding carboxylic acids is 2. The van der Waals surface area contributed by atoms with Gasteiger partial charge < -0.3 is 14.8 Å². The number of nitrogens with zero attached hydrogens (tertiary/aromatic N) is 1. The van der Waals surface area contributed by atoms with Crippen LogP contribution in [0.25, 0.3) is 11.6 Å². The van der Waals surface area contributed by atoms with Gasteiger partial charge in [-0.05, 0) is 41.5 Å². The van der Waals surface area contributed by atoms with Crippen molar-refractivity contribution in [1.82, 2.24) is 0 Å². The first kappa shape index (κ1) is 20.2. The molecule has 6 nitrogen and oxygen atoms in total. The van der Waals surface area contributed by atoms with Gasteiger partial charge in [0.15, 0.2) is 0 Å². The first-order valence-corrected chi connectivity index (χ1v) is 9.80. The smallest absolute Gasteiger partial charge is 0.259 e. The molecule has 2 amide bonds. The third-order valence-corrected chi connectivity index (χ3v) is 5.06. The van der Waals surface area contributed by atoms with Crippen LogP contribution in [0, 0.1) is 0 Å². The molecule has 3 aromatic carbocycles. The standard InChI is InChI=1S/C25H22N2O4/c1-30-19-10-8-17(9-11-19)14-21(18-6-4-3-5-7-18)25(29)27-16-24(28)26-22-15-20(31-2)12-13-23(22)27/h3-15H,16H2,1-2H3,(H,26,28)/b21-14+. The third-order valence-electron chi connectivity index (χ3n) is 5.06. The van der Waals surface area contributed by atoms with Crippen molar-refractivity contribution in [2.75, 3.05) is 31.0 Å². The highest BCUT2D eigenvalue weighted by Gasteiger charge is 2.29. The van der Waals surface area contributed by atoms with E-state index in [2.05, 4.69) is 5.32 Å². The Hall–Kier alpha value is -4.06. The molecular weight excluding hydrogens is 392 g/mol. The van der Waals surface area contributed by atoms with E-state index in [1.165, 1.54) is 4.90 Å². The Morgan fingerprint density at radius 3 is 2.29 bits per heavy atom. The second-order valence-corrected chi connectivity index (χ2v) is 7.02. The molecule has 156 valence electrons. The summed E-state index contributed by atoms with van der Waals surface area (Å²) in [6, 6.07) is 22.1. The molecule has 4 rings (SSSR count). The van der Waals surface area contributed by atoms with Crippen molar-refractivity contribution in [2.45, 2.75) is 0 Å². The minimum Gasteiger partial charge on any atom is -0.497 e. The van der Waals surface area contributed by atoms with Crippen LogP contribution in [0.1, 0.15) is 11.1 Å². The lowest BCUT2D eigenvalue weighted by molar-refractivity contribution is -0.118. The molecule has 6 heteroatoms. The molecule has 1 aliphatic rings. The first-order valence-electron chi connectivity index (χ1n) is 9.80. The van der Waals surface area contributed by atoms with E-state index in [1.807, 2.05) is 60.7 Å². The minimum atomic E-state index is -0.261. The van der Waals surface area contributed by atoms with Crippen LogP contribution in [0.2, 0.25) is 0 Å². The van der Waals surface area contributed by atoms with Gasteiger partial charge in [0.2, 0.25) is 5.91 Å². The summed E-state index contributed by atoms with van der Waals surface area (Å²) in [7, 11) is 3.16. The fourth-order valence-electron chi connectivity index (χ4n) is 3.48. The Labute approximate surface area is 180 Å². The Morgan fingerprint density at radius 2 is 1.61 bits per heavy atom. The lowest BCUT2D eigenvalue weighted by Crippen LogP contribution is -2.42. The second-order valence-electron chi connectivity index (χ2n) is 7.02. The largest absolute Gasteiger partial charge is 0.497 e. The van der Waals surface area contributed by atoms with Gasteiger partial charge in [-0.3, -0.25) is 14.5 Å². The Bertz CT molecular complexity index is 1140. The fourth-order valence-corrected chi connectivity index (χ4v) is 3.48. The molecule has 0 aliphatic carbocycles. The predicted octanol–water partition coefficient (Wildman–Crippen LogP) is 4.23. The number of hydrogen-bond donors (Lipinski definition) is 1. The Balaban J connectivity index is 1.78. The maximum atomic E-state index is 13.7. The number of methoxy groups -OCH3 is 2. The fraction of sp³-hybridized carbons (Fsp3) is 0.120. The maximum Gasteiger partial charge on any atom is 0.259 e. The van der Waals surface area contributed by atoms with E-state index < -0.39 is 0 Å². The molecule has 1 heterocycles. The summed E-state index contributed by atoms with van der Waals surface area (Å²) in [5, 5.41) is 2.81. The van der Waals surface area contributed by atoms with Crippen molar-refractivity contribution < 1.29 is 19.1 Å². The van der Waals surface area contributed by atoms with Crippen molar-refractivity contribution in [3.63, 3.8) is 0 Å². The molecule has 0 saturated carbocycles. The average molecular weight is 414 g/mol. The van der Waals surface area contributed by atoms with Gasteiger partial charge in [0.1, 0.15) is 18.0 Å². The van der Waals surface area contributed by atoms with Crippen LogP contribution in [-0.2, 0) is 9.59 Å². The van der Waals surface area contributed by atoms with Crippen molar-refractivity contribution in [3.8, 4) is 11.5 Å². The second kappa shape index (κ2) is 8.75. The summed E-state index contributed by atoms with van der Waals surface area (Å²) in [5.41, 5.74) is 3.28. The van der Waals surface area contributed by atoms with Crippen LogP contribution < -0.4 is 19.7 Å². The van der Waals surface area contributed by atoms with E-state index in [9.17, 15) is 9.59 Å². The van der Waals surface area contributed by atoms with Gasteiger partial charge in [0, 0.05) is 11.6 Å². The van der Waals surface area contributed by atoms with E-state index in [0.717, 1.165) is 16.9 Å². The molecule has 0 saturated heterocycles. The van der Waals surface area contributed by atoms with Crippen LogP contribution in [0.4, 0.5) is 11.4 Å². The lowest BCUT2D eigenvalue weighted by atomic mass is 10.0. The zero-order valence-electron chi connectivity index (χ0n) is 17.3. The van der Waals surface area contributed by atoms with E-state index in [1.54, 1.807) is 32.4 Å². The number of carbonyl (C=O) groups is 2. The maximum absolute atomic E-state index is 13.7. The third kappa shape index (κ3) is 4.28. The summed E-state index contributed by atoms with van der Waals surface area (Å²) in [5.74, 6) is 0.819. The molecule has 31 heavy (non-hydrogen) atoms. The van der Waals surface area contributed by atoms with E-state index in [-0.39, 0.29) is 18.4 Å². The van der Waals surface area contributed by atoms with Crippen LogP contribution in [0.5, 0.6) is 11.5 Å². The summed E-state index contributed by atoms with van der Waals surface area (Å²) >= 11 is 0. The minimum absolute atomic E-state index is 0.0645. The van der Waals surface area contributed by atoms with E-state index >= 15 is 0 Å². The van der Waals surface area contributed by atoms with E-state index in [4.69, 9.17) is 9.47 Å². The number of ether oxygens (including phenoxy) is 2. The summed E-state index contributed by atoms with van der Waals surface area (Å²) < 4.78 is 10.5. The van der Waals surface area contributed by atoms with Crippen LogP contribution in [0.3, 0.4) is 0 Å². The number of rotatable bonds is 5. The number of nitrogens with one attached hydrogen (secondary N) is 1. The van der Waals surface area contributed by atoms with Crippen molar-refractivity contribution in [1.29, 1.82) is 0 Å². The summed E-state index contributed by atoms with van der Waals surface area (Å²) in [6.07, 6.45) is 1.83. The van der Waals surface area contributed by atoms with Gasteiger partial charge in [-0.1, -0.05) is 42.5 Å². The van der Waals surface area contributed by atoms with Gasteiger partial charge >= 0.3 is 0 Å². The molecule has 1 aliphatic heterocycles. The monoisotopic (exact) mass is 414 g/mol. The molecule has 0 atom stereocenters. The highest BCUT2D eigenvalue weighted by molar-refractivity contribution is 6.32. The highest BCUT2D eigenvalue weighted by atomic mass is 16.5. The number of fused-ring (bicyclic) bond motifs is 1. The highest BCUT2D eigenvalue weighted by Crippen LogP contribution is 2.35. The molecule has 0 bridgehead atoms. The average Bonchev–Trinajstić information content (AvgIpc) is 2.82. The summed E-state index contributed by atoms with van der Waals surface area (Å²) in [6.45, 7) is -0.0645. The van der Waals surface area contributed by atoms with Gasteiger partial charge in [0.05, 0.1) is 25.6 Å². The number of benzene rings is 3. The Morgan fingerprint density at radius 1 is 0.935 bits per heavy atom. The van der Waals surface area contributed by atoms with Crippen LogP contribution in [-0.4, -0.2) is 32.6 Å². The zero-order chi connectivity index (χ0) is 21.8. The molecule has 0 radical (unpaired) electrons. The Kier molecular flexibility index (Phi) is 5.71. The number of hydrogen-bond acceptors (Lipinski definition) is 4. The van der Waals surface area contributed by atoms with E-state index in [0.29, 0.717) is 22.7 Å². The quantitative estimate of drug-likeness (QED) is 0.501. The van der Waals surface area contributed by atoms with Crippen molar-refractivity contribution in [3.05, 3.63) is 83.9 Å². The molecule has 3 aromatic rings. The molecule has 1 N–H and O–H groups in total. The van der Waals surface area contributed by atoms with Crippen LogP contribution in [0.15, 0.2) is 72.8 Å². The SMILES string of the molecule is COc1ccc(/C=C(/C(=O)N2CC(=O)Nc3cc(OC)ccc32)c2ccccc2)cc1. The normalized spacial score (nSPS) is 13.3. The van der Waals surface area contributed by atoms with Gasteiger partial charge in [-0.15, -0.1) is 0 Å². The molecule has 0 aromatic heterocycles. The van der Waals surface area contributed by atoms with Crippen molar-refractivity contribution >= 4 is 34.8 Å². The van der Waals surface area contributed by atoms with Crippen molar-refractivity contribution in [2.24, 2.45) is 0 Å². The topological polar surface area (TPSA) is 67.9 Å². The van der Waals surface area contributed by atoms with Gasteiger partial charge in [-0.25, -0.2) is 0 Å². The zero-order valence-corrected chi connectivity index (χ0v) is 17.3. The van der Waals surface area contributed by atoms with Crippen LogP contribution >= 0.6 is 0 Å². The van der Waals surface area contributed by atoms with Gasteiger partial charge in [-0.2, -0.15) is 0 Å². The number of amides is 2. The van der Waals surface area contributed by atoms with Gasteiger partial charge in [0.25, 0.3) is 5.91 Å². The predicted molar refractivity (Wildman–Crippen MR) is 121 cm³/mol. The lowest BCUT2D eigenvalue weighted by Gasteiger charge is -2.30. The molecule has 0 spiro atoms. The summed E-state index contributed by atoms with van der Waals surface area (Å²) in [4.78, 5) is 27.6. The molecular formula is C25H22N2O4. The molecule has 0 fully saturated rings.